The maximum atomic E-state index is 11.0. The Balaban J connectivity index is 2.40. The fraction of sp³-hybridized carbons (Fsp3) is 0.500. The van der Waals surface area contributed by atoms with Gasteiger partial charge in [0, 0.05) is 18.4 Å². The van der Waals surface area contributed by atoms with E-state index in [4.69, 9.17) is 10.5 Å². The molecule has 5 heteroatoms. The highest BCUT2D eigenvalue weighted by Crippen LogP contribution is 2.15. The van der Waals surface area contributed by atoms with E-state index in [2.05, 4.69) is 23.5 Å². The number of amides is 1. The van der Waals surface area contributed by atoms with Gasteiger partial charge in [-0.25, -0.2) is 0 Å². The third kappa shape index (κ3) is 8.92. The number of nitrogens with two attached hydrogens (primary N) is 1. The molecule has 25 heavy (non-hydrogen) atoms. The summed E-state index contributed by atoms with van der Waals surface area (Å²) in [5.74, 6) is 5.72. The van der Waals surface area contributed by atoms with Gasteiger partial charge in [0.05, 0.1) is 26.2 Å². The summed E-state index contributed by atoms with van der Waals surface area (Å²) in [4.78, 5) is 21.8. The van der Waals surface area contributed by atoms with Gasteiger partial charge >= 0.3 is 5.97 Å². The Morgan fingerprint density at radius 3 is 2.44 bits per heavy atom. The topological polar surface area (TPSA) is 78.6 Å². The smallest absolute Gasteiger partial charge is 0.306 e. The van der Waals surface area contributed by atoms with Crippen molar-refractivity contribution in [3.8, 4) is 11.8 Å². The highest BCUT2D eigenvalue weighted by Gasteiger charge is 2.13. The van der Waals surface area contributed by atoms with Gasteiger partial charge in [-0.15, -0.1) is 0 Å². The third-order valence-electron chi connectivity index (χ3n) is 4.03. The molecule has 1 amide bonds. The lowest BCUT2D eigenvalue weighted by atomic mass is 10.00. The number of esters is 1. The minimum absolute atomic E-state index is 0.0529. The molecule has 0 aromatic heterocycles. The van der Waals surface area contributed by atoms with Crippen LogP contribution in [0.3, 0.4) is 0 Å². The van der Waals surface area contributed by atoms with E-state index in [-0.39, 0.29) is 23.9 Å². The van der Waals surface area contributed by atoms with Gasteiger partial charge in [-0.3, -0.25) is 9.59 Å². The zero-order valence-corrected chi connectivity index (χ0v) is 15.2. The van der Waals surface area contributed by atoms with Crippen LogP contribution in [0.1, 0.15) is 50.7 Å². The molecule has 1 aromatic rings. The fourth-order valence-corrected chi connectivity index (χ4v) is 2.11. The zero-order valence-electron chi connectivity index (χ0n) is 15.2. The summed E-state index contributed by atoms with van der Waals surface area (Å²) in [6.07, 6.45) is 1.96. The molecule has 5 nitrogen and oxygen atoms in total. The van der Waals surface area contributed by atoms with Gasteiger partial charge in [0.2, 0.25) is 5.91 Å². The monoisotopic (exact) mass is 345 g/mol. The summed E-state index contributed by atoms with van der Waals surface area (Å²) in [6.45, 7) is 4.57. The van der Waals surface area contributed by atoms with Crippen molar-refractivity contribution in [2.24, 2.45) is 11.7 Å². The first kappa shape index (κ1) is 20.7. The fourth-order valence-electron chi connectivity index (χ4n) is 2.11. The van der Waals surface area contributed by atoms with Gasteiger partial charge in [-0.2, -0.15) is 0 Å². The van der Waals surface area contributed by atoms with Crippen molar-refractivity contribution in [3.05, 3.63) is 35.4 Å². The molecular weight excluding hydrogens is 318 g/mol. The van der Waals surface area contributed by atoms with Crippen molar-refractivity contribution in [1.29, 1.82) is 0 Å². The lowest BCUT2D eigenvalue weighted by Crippen LogP contribution is -2.20. The van der Waals surface area contributed by atoms with Gasteiger partial charge in [-0.05, 0) is 37.0 Å². The van der Waals surface area contributed by atoms with Crippen molar-refractivity contribution in [1.82, 2.24) is 0 Å². The lowest BCUT2D eigenvalue weighted by Gasteiger charge is -2.20. The van der Waals surface area contributed by atoms with Gasteiger partial charge in [-0.1, -0.05) is 30.9 Å². The van der Waals surface area contributed by atoms with E-state index < -0.39 is 0 Å². The molecule has 0 aliphatic carbocycles. The van der Waals surface area contributed by atoms with Crippen LogP contribution in [0.5, 0.6) is 0 Å². The minimum atomic E-state index is -0.276. The molecular formula is C20H27NO4. The summed E-state index contributed by atoms with van der Waals surface area (Å²) in [5, 5.41) is 0. The molecule has 0 fully saturated rings. The second-order valence-electron chi connectivity index (χ2n) is 6.07. The van der Waals surface area contributed by atoms with Crippen molar-refractivity contribution >= 4 is 11.9 Å². The molecule has 0 saturated heterocycles. The van der Waals surface area contributed by atoms with Crippen LogP contribution < -0.4 is 5.73 Å². The maximum Gasteiger partial charge on any atom is 0.306 e. The molecule has 0 unspecified atom stereocenters. The normalized spacial score (nSPS) is 12.6. The SMILES string of the molecule is COC(=O)CCC#Cc1ccc(CO[C@H](C)[C@@H](C)CCC(N)=O)cc1. The second-order valence-corrected chi connectivity index (χ2v) is 6.07. The number of rotatable bonds is 9. The molecule has 2 atom stereocenters. The average Bonchev–Trinajstić information content (AvgIpc) is 2.61. The number of carbonyl (C=O) groups excluding carboxylic acids is 2. The molecule has 1 rings (SSSR count). The number of carbonyl (C=O) groups is 2. The Hall–Kier alpha value is -2.32. The molecule has 136 valence electrons. The van der Waals surface area contributed by atoms with Crippen LogP contribution in [0.15, 0.2) is 24.3 Å². The summed E-state index contributed by atoms with van der Waals surface area (Å²) in [6, 6.07) is 7.83. The van der Waals surface area contributed by atoms with Crippen LogP contribution in [0, 0.1) is 17.8 Å². The average molecular weight is 345 g/mol. The Kier molecular flexibility index (Phi) is 9.34. The Morgan fingerprint density at radius 2 is 1.84 bits per heavy atom. The first-order valence-corrected chi connectivity index (χ1v) is 8.47. The van der Waals surface area contributed by atoms with Crippen molar-refractivity contribution in [2.45, 2.75) is 52.2 Å². The Labute approximate surface area is 149 Å². The number of ether oxygens (including phenoxy) is 2. The van der Waals surface area contributed by atoms with E-state index >= 15 is 0 Å². The molecule has 0 bridgehead atoms. The zero-order chi connectivity index (χ0) is 18.7. The molecule has 0 aliphatic rings. The van der Waals surface area contributed by atoms with Crippen LogP contribution >= 0.6 is 0 Å². The summed E-state index contributed by atoms with van der Waals surface area (Å²) in [7, 11) is 1.37. The molecule has 1 aromatic carbocycles. The van der Waals surface area contributed by atoms with Crippen LogP contribution in [-0.2, 0) is 25.7 Å². The molecule has 0 radical (unpaired) electrons. The summed E-state index contributed by atoms with van der Waals surface area (Å²) < 4.78 is 10.4. The molecule has 0 heterocycles. The van der Waals surface area contributed by atoms with E-state index in [0.717, 1.165) is 17.5 Å². The van der Waals surface area contributed by atoms with Crippen molar-refractivity contribution in [2.75, 3.05) is 7.11 Å². The quantitative estimate of drug-likeness (QED) is 0.551. The molecule has 0 aliphatic heterocycles. The van der Waals surface area contributed by atoms with E-state index in [9.17, 15) is 9.59 Å². The molecule has 0 saturated carbocycles. The van der Waals surface area contributed by atoms with Crippen molar-refractivity contribution in [3.63, 3.8) is 0 Å². The van der Waals surface area contributed by atoms with Gasteiger partial charge in [0.25, 0.3) is 0 Å². The van der Waals surface area contributed by atoms with Gasteiger partial charge < -0.3 is 15.2 Å². The minimum Gasteiger partial charge on any atom is -0.469 e. The number of hydrogen-bond donors (Lipinski definition) is 1. The van der Waals surface area contributed by atoms with Crippen LogP contribution in [0.2, 0.25) is 0 Å². The first-order valence-electron chi connectivity index (χ1n) is 8.47. The molecule has 0 spiro atoms. The predicted molar refractivity (Wildman–Crippen MR) is 96.4 cm³/mol. The summed E-state index contributed by atoms with van der Waals surface area (Å²) in [5.41, 5.74) is 7.14. The van der Waals surface area contributed by atoms with Crippen LogP contribution in [0.4, 0.5) is 0 Å². The van der Waals surface area contributed by atoms with E-state index in [1.807, 2.05) is 31.2 Å². The maximum absolute atomic E-state index is 11.0. The predicted octanol–water partition coefficient (Wildman–Crippen LogP) is 2.80. The van der Waals surface area contributed by atoms with E-state index in [1.54, 1.807) is 0 Å². The third-order valence-corrected chi connectivity index (χ3v) is 4.03. The number of benzene rings is 1. The number of primary amides is 1. The second kappa shape index (κ2) is 11.3. The number of methoxy groups -OCH3 is 1. The largest absolute Gasteiger partial charge is 0.469 e. The van der Waals surface area contributed by atoms with Crippen LogP contribution in [0.25, 0.3) is 0 Å². The first-order chi connectivity index (χ1) is 11.9. The van der Waals surface area contributed by atoms with E-state index in [1.165, 1.54) is 7.11 Å². The summed E-state index contributed by atoms with van der Waals surface area (Å²) >= 11 is 0. The highest BCUT2D eigenvalue weighted by atomic mass is 16.5. The number of hydrogen-bond acceptors (Lipinski definition) is 4. The lowest BCUT2D eigenvalue weighted by molar-refractivity contribution is -0.140. The highest BCUT2D eigenvalue weighted by molar-refractivity contribution is 5.73. The standard InChI is InChI=1S/C20H27NO4/c1-15(8-13-19(21)22)16(2)25-14-18-11-9-17(10-12-18)6-4-5-7-20(23)24-3/h9-12,15-16H,5,7-8,13-14H2,1-3H3,(H2,21,22)/t15-,16+/m0/s1. The van der Waals surface area contributed by atoms with Gasteiger partial charge in [0.15, 0.2) is 0 Å². The van der Waals surface area contributed by atoms with Gasteiger partial charge in [0.1, 0.15) is 0 Å². The van der Waals surface area contributed by atoms with Crippen LogP contribution in [-0.4, -0.2) is 25.1 Å². The Bertz CT molecular complexity index is 613. The van der Waals surface area contributed by atoms with E-state index in [0.29, 0.717) is 25.9 Å². The molecule has 2 N–H and O–H groups in total. The van der Waals surface area contributed by atoms with Crippen molar-refractivity contribution < 1.29 is 19.1 Å². The Morgan fingerprint density at radius 1 is 1.16 bits per heavy atom.